The van der Waals surface area contributed by atoms with Crippen molar-refractivity contribution >= 4 is 5.97 Å². The lowest BCUT2D eigenvalue weighted by Crippen LogP contribution is -2.36. The zero-order chi connectivity index (χ0) is 19.4. The number of aryl methyl sites for hydroxylation is 1. The van der Waals surface area contributed by atoms with Crippen LogP contribution in [0.1, 0.15) is 41.9 Å². The lowest BCUT2D eigenvalue weighted by Gasteiger charge is -2.36. The van der Waals surface area contributed by atoms with E-state index in [0.717, 1.165) is 41.0 Å². The molecule has 1 N–H and O–H groups in total. The summed E-state index contributed by atoms with van der Waals surface area (Å²) in [5, 5.41) is 10.8. The van der Waals surface area contributed by atoms with E-state index >= 15 is 0 Å². The number of fused-ring (bicyclic) bond motifs is 1. The zero-order valence-electron chi connectivity index (χ0n) is 16.0. The molecule has 2 aromatic carbocycles. The number of methoxy groups -OCH3 is 2. The highest BCUT2D eigenvalue weighted by molar-refractivity contribution is 5.76. The summed E-state index contributed by atoms with van der Waals surface area (Å²) in [6, 6.07) is 13.6. The molecule has 5 heteroatoms. The zero-order valence-corrected chi connectivity index (χ0v) is 16.0. The van der Waals surface area contributed by atoms with Crippen LogP contribution in [0.5, 0.6) is 11.5 Å². The molecule has 1 aliphatic rings. The van der Waals surface area contributed by atoms with Crippen LogP contribution in [-0.4, -0.2) is 38.0 Å². The largest absolute Gasteiger partial charge is 0.497 e. The SMILES string of the molecule is CCOC(=O)C(O)C1c2ccc(OC)cc2CCC1c1ccc(OC)cc1. The van der Waals surface area contributed by atoms with Crippen LogP contribution in [0.15, 0.2) is 42.5 Å². The minimum atomic E-state index is -1.22. The van der Waals surface area contributed by atoms with Crippen molar-refractivity contribution in [1.82, 2.24) is 0 Å². The molecule has 3 unspecified atom stereocenters. The third-order valence-corrected chi connectivity index (χ3v) is 5.28. The Hall–Kier alpha value is -2.53. The second-order valence-corrected chi connectivity index (χ2v) is 6.71. The first kappa shape index (κ1) is 19.2. The third-order valence-electron chi connectivity index (χ3n) is 5.28. The Labute approximate surface area is 159 Å². The Balaban J connectivity index is 2.01. The van der Waals surface area contributed by atoms with Gasteiger partial charge in [-0.25, -0.2) is 4.79 Å². The fraction of sp³-hybridized carbons (Fsp3) is 0.409. The smallest absolute Gasteiger partial charge is 0.335 e. The molecule has 3 rings (SSSR count). The van der Waals surface area contributed by atoms with Crippen LogP contribution in [0.3, 0.4) is 0 Å². The predicted molar refractivity (Wildman–Crippen MR) is 102 cm³/mol. The van der Waals surface area contributed by atoms with E-state index in [2.05, 4.69) is 0 Å². The van der Waals surface area contributed by atoms with Gasteiger partial charge in [0, 0.05) is 5.92 Å². The highest BCUT2D eigenvalue weighted by Gasteiger charge is 2.39. The maximum Gasteiger partial charge on any atom is 0.335 e. The number of aliphatic hydroxyl groups is 1. The summed E-state index contributed by atoms with van der Waals surface area (Å²) in [6.45, 7) is 1.98. The van der Waals surface area contributed by atoms with E-state index in [0.29, 0.717) is 0 Å². The van der Waals surface area contributed by atoms with Crippen LogP contribution in [0, 0.1) is 0 Å². The average Bonchev–Trinajstić information content (AvgIpc) is 2.72. The molecule has 0 radical (unpaired) electrons. The van der Waals surface area contributed by atoms with Crippen molar-refractivity contribution < 1.29 is 24.1 Å². The van der Waals surface area contributed by atoms with Gasteiger partial charge in [0.2, 0.25) is 0 Å². The molecule has 0 fully saturated rings. The van der Waals surface area contributed by atoms with Crippen LogP contribution >= 0.6 is 0 Å². The lowest BCUT2D eigenvalue weighted by atomic mass is 9.69. The van der Waals surface area contributed by atoms with Gasteiger partial charge in [0.1, 0.15) is 11.5 Å². The molecule has 144 valence electrons. The van der Waals surface area contributed by atoms with Gasteiger partial charge in [-0.15, -0.1) is 0 Å². The summed E-state index contributed by atoms with van der Waals surface area (Å²) in [5.41, 5.74) is 3.15. The molecule has 0 saturated carbocycles. The molecule has 27 heavy (non-hydrogen) atoms. The second-order valence-electron chi connectivity index (χ2n) is 6.71. The number of carbonyl (C=O) groups excluding carboxylic acids is 1. The van der Waals surface area contributed by atoms with Crippen LogP contribution in [-0.2, 0) is 16.0 Å². The Bertz CT molecular complexity index is 784. The van der Waals surface area contributed by atoms with E-state index < -0.39 is 12.1 Å². The Kier molecular flexibility index (Phi) is 6.01. The highest BCUT2D eigenvalue weighted by atomic mass is 16.5. The van der Waals surface area contributed by atoms with Crippen molar-refractivity contribution in [1.29, 1.82) is 0 Å². The van der Waals surface area contributed by atoms with Crippen LogP contribution in [0.4, 0.5) is 0 Å². The number of benzene rings is 2. The molecule has 3 atom stereocenters. The van der Waals surface area contributed by atoms with Crippen molar-refractivity contribution in [2.45, 2.75) is 37.7 Å². The first-order valence-electron chi connectivity index (χ1n) is 9.24. The maximum atomic E-state index is 12.3. The number of aliphatic hydroxyl groups excluding tert-OH is 1. The molecule has 0 aliphatic heterocycles. The molecular weight excluding hydrogens is 344 g/mol. The molecule has 0 bridgehead atoms. The van der Waals surface area contributed by atoms with Gasteiger partial charge in [0.15, 0.2) is 6.10 Å². The minimum Gasteiger partial charge on any atom is -0.497 e. The van der Waals surface area contributed by atoms with Crippen molar-refractivity contribution in [3.05, 3.63) is 59.2 Å². The molecule has 1 aliphatic carbocycles. The van der Waals surface area contributed by atoms with Gasteiger partial charge < -0.3 is 19.3 Å². The van der Waals surface area contributed by atoms with Crippen LogP contribution in [0.25, 0.3) is 0 Å². The molecule has 0 amide bonds. The van der Waals surface area contributed by atoms with Gasteiger partial charge >= 0.3 is 5.97 Å². The molecule has 0 spiro atoms. The van der Waals surface area contributed by atoms with E-state index in [1.165, 1.54) is 0 Å². The number of ether oxygens (including phenoxy) is 3. The monoisotopic (exact) mass is 370 g/mol. The Morgan fingerprint density at radius 3 is 2.41 bits per heavy atom. The standard InChI is InChI=1S/C22H26O5/c1-4-27-22(24)21(23)20-18(14-5-8-16(25-2)9-6-14)11-7-15-13-17(26-3)10-12-19(15)20/h5-6,8-10,12-13,18,20-21,23H,4,7,11H2,1-3H3. The van der Waals surface area contributed by atoms with Gasteiger partial charge in [0.25, 0.3) is 0 Å². The van der Waals surface area contributed by atoms with E-state index in [4.69, 9.17) is 14.2 Å². The summed E-state index contributed by atoms with van der Waals surface area (Å²) in [5.74, 6) is 0.621. The van der Waals surface area contributed by atoms with Gasteiger partial charge in [-0.1, -0.05) is 18.2 Å². The van der Waals surface area contributed by atoms with E-state index in [-0.39, 0.29) is 18.4 Å². The third kappa shape index (κ3) is 3.93. The number of esters is 1. The number of carbonyl (C=O) groups is 1. The van der Waals surface area contributed by atoms with E-state index in [9.17, 15) is 9.90 Å². The quantitative estimate of drug-likeness (QED) is 0.789. The molecule has 2 aromatic rings. The van der Waals surface area contributed by atoms with Crippen molar-refractivity contribution in [3.8, 4) is 11.5 Å². The first-order chi connectivity index (χ1) is 13.1. The molecular formula is C22H26O5. The summed E-state index contributed by atoms with van der Waals surface area (Å²) >= 11 is 0. The molecule has 5 nitrogen and oxygen atoms in total. The van der Waals surface area contributed by atoms with Gasteiger partial charge in [-0.05, 0) is 66.6 Å². The Morgan fingerprint density at radius 1 is 1.11 bits per heavy atom. The summed E-state index contributed by atoms with van der Waals surface area (Å²) in [7, 11) is 3.27. The highest BCUT2D eigenvalue weighted by Crippen LogP contribution is 2.45. The molecule has 0 aromatic heterocycles. The van der Waals surface area contributed by atoms with Gasteiger partial charge in [-0.3, -0.25) is 0 Å². The summed E-state index contributed by atoms with van der Waals surface area (Å²) in [4.78, 5) is 12.3. The first-order valence-corrected chi connectivity index (χ1v) is 9.24. The van der Waals surface area contributed by atoms with Gasteiger partial charge in [-0.2, -0.15) is 0 Å². The van der Waals surface area contributed by atoms with Crippen molar-refractivity contribution in [2.75, 3.05) is 20.8 Å². The average molecular weight is 370 g/mol. The van der Waals surface area contributed by atoms with E-state index in [1.807, 2.05) is 42.5 Å². The van der Waals surface area contributed by atoms with Crippen molar-refractivity contribution in [2.24, 2.45) is 0 Å². The van der Waals surface area contributed by atoms with Crippen molar-refractivity contribution in [3.63, 3.8) is 0 Å². The fourth-order valence-electron chi connectivity index (χ4n) is 3.95. The number of hydrogen-bond acceptors (Lipinski definition) is 5. The summed E-state index contributed by atoms with van der Waals surface area (Å²) in [6.07, 6.45) is 0.465. The fourth-order valence-corrected chi connectivity index (χ4v) is 3.95. The minimum absolute atomic E-state index is 0.0104. The predicted octanol–water partition coefficient (Wildman–Crippen LogP) is 3.44. The van der Waals surface area contributed by atoms with Crippen LogP contribution < -0.4 is 9.47 Å². The van der Waals surface area contributed by atoms with E-state index in [1.54, 1.807) is 21.1 Å². The van der Waals surface area contributed by atoms with Crippen LogP contribution in [0.2, 0.25) is 0 Å². The summed E-state index contributed by atoms with van der Waals surface area (Å²) < 4.78 is 15.7. The maximum absolute atomic E-state index is 12.3. The lowest BCUT2D eigenvalue weighted by molar-refractivity contribution is -0.154. The number of rotatable bonds is 6. The topological polar surface area (TPSA) is 65.0 Å². The van der Waals surface area contributed by atoms with Gasteiger partial charge in [0.05, 0.1) is 20.8 Å². The molecule has 0 saturated heterocycles. The number of hydrogen-bond donors (Lipinski definition) is 1. The Morgan fingerprint density at radius 2 is 1.78 bits per heavy atom. The second kappa shape index (κ2) is 8.44. The normalized spacial score (nSPS) is 19.7. The molecule has 0 heterocycles.